The van der Waals surface area contributed by atoms with Gasteiger partial charge in [-0.2, -0.15) is 0 Å². The maximum Gasteiger partial charge on any atom is 0.226 e. The minimum Gasteiger partial charge on any atom is -0.381 e. The van der Waals surface area contributed by atoms with Gasteiger partial charge in [0, 0.05) is 36.1 Å². The van der Waals surface area contributed by atoms with Crippen molar-refractivity contribution in [3.8, 4) is 0 Å². The van der Waals surface area contributed by atoms with Crippen LogP contribution in [0, 0.1) is 11.8 Å². The fraction of sp³-hybridized carbons (Fsp3) is 0.611. The van der Waals surface area contributed by atoms with E-state index in [0.717, 1.165) is 37.6 Å². The minimum atomic E-state index is 0.184. The third-order valence-electron chi connectivity index (χ3n) is 5.16. The van der Waals surface area contributed by atoms with Gasteiger partial charge in [-0.3, -0.25) is 4.79 Å². The van der Waals surface area contributed by atoms with Gasteiger partial charge in [0.1, 0.15) is 0 Å². The Morgan fingerprint density at radius 3 is 2.64 bits per heavy atom. The zero-order valence-corrected chi connectivity index (χ0v) is 13.5. The van der Waals surface area contributed by atoms with Crippen molar-refractivity contribution in [1.29, 1.82) is 0 Å². The number of halogens is 1. The Morgan fingerprint density at radius 2 is 2.00 bits per heavy atom. The van der Waals surface area contributed by atoms with Gasteiger partial charge in [0.05, 0.1) is 6.61 Å². The summed E-state index contributed by atoms with van der Waals surface area (Å²) in [5.41, 5.74) is 1.25. The Labute approximate surface area is 136 Å². The van der Waals surface area contributed by atoms with Gasteiger partial charge >= 0.3 is 0 Å². The molecule has 0 radical (unpaired) electrons. The molecule has 1 amide bonds. The number of rotatable bonds is 5. The summed E-state index contributed by atoms with van der Waals surface area (Å²) in [6.07, 6.45) is 4.45. The summed E-state index contributed by atoms with van der Waals surface area (Å²) in [6, 6.07) is 8.47. The van der Waals surface area contributed by atoms with Crippen LogP contribution in [0.1, 0.15) is 37.2 Å². The van der Waals surface area contributed by atoms with E-state index in [1.807, 2.05) is 12.1 Å². The van der Waals surface area contributed by atoms with Crippen molar-refractivity contribution in [2.24, 2.45) is 11.8 Å². The van der Waals surface area contributed by atoms with Crippen LogP contribution >= 0.6 is 11.6 Å². The molecule has 1 aromatic rings. The molecule has 0 aromatic heterocycles. The van der Waals surface area contributed by atoms with Crippen LogP contribution < -0.4 is 0 Å². The monoisotopic (exact) mass is 319 g/mol. The molecule has 22 heavy (non-hydrogen) atoms. The molecule has 4 heteroatoms. The van der Waals surface area contributed by atoms with Crippen LogP contribution in [0.25, 0.3) is 0 Å². The summed E-state index contributed by atoms with van der Waals surface area (Å²) in [4.78, 5) is 15.1. The number of ether oxygens (including phenoxy) is 1. The average molecular weight is 320 g/mol. The molecule has 3 fully saturated rings. The highest BCUT2D eigenvalue weighted by Gasteiger charge is 2.48. The van der Waals surface area contributed by atoms with Gasteiger partial charge in [-0.15, -0.1) is 0 Å². The van der Waals surface area contributed by atoms with Gasteiger partial charge in [0.25, 0.3) is 0 Å². The Morgan fingerprint density at radius 1 is 1.23 bits per heavy atom. The molecule has 2 aliphatic carbocycles. The summed E-state index contributed by atoms with van der Waals surface area (Å²) in [7, 11) is 0. The van der Waals surface area contributed by atoms with E-state index >= 15 is 0 Å². The molecule has 4 rings (SSSR count). The van der Waals surface area contributed by atoms with E-state index in [2.05, 4.69) is 17.0 Å². The zero-order valence-electron chi connectivity index (χ0n) is 12.7. The largest absolute Gasteiger partial charge is 0.381 e. The molecule has 1 aromatic carbocycles. The summed E-state index contributed by atoms with van der Waals surface area (Å²) in [5, 5.41) is 0.758. The second kappa shape index (κ2) is 5.86. The van der Waals surface area contributed by atoms with Gasteiger partial charge in [0.15, 0.2) is 0 Å². The zero-order chi connectivity index (χ0) is 15.1. The smallest absolute Gasteiger partial charge is 0.226 e. The molecule has 2 saturated carbocycles. The van der Waals surface area contributed by atoms with Crippen LogP contribution in [0.3, 0.4) is 0 Å². The highest BCUT2D eigenvalue weighted by molar-refractivity contribution is 6.30. The van der Waals surface area contributed by atoms with E-state index in [1.165, 1.54) is 18.4 Å². The predicted octanol–water partition coefficient (Wildman–Crippen LogP) is 3.47. The molecule has 0 N–H and O–H groups in total. The standard InChI is InChI=1S/C18H22ClNO2/c19-14-3-1-13(2-4-14)16-9-17(16)18(21)20(15-5-6-15)10-12-7-8-22-11-12/h1-4,12,15-17H,5-11H2/t12-,16-,17-/m1/s1. The van der Waals surface area contributed by atoms with Crippen LogP contribution in [0.5, 0.6) is 0 Å². The normalized spacial score (nSPS) is 30.3. The number of carbonyl (C=O) groups is 1. The number of nitrogens with zero attached hydrogens (tertiary/aromatic N) is 1. The molecular weight excluding hydrogens is 298 g/mol. The fourth-order valence-corrected chi connectivity index (χ4v) is 3.70. The van der Waals surface area contributed by atoms with Crippen molar-refractivity contribution in [3.05, 3.63) is 34.9 Å². The molecule has 0 bridgehead atoms. The van der Waals surface area contributed by atoms with Crippen LogP contribution in [0.4, 0.5) is 0 Å². The molecule has 0 spiro atoms. The first-order valence-corrected chi connectivity index (χ1v) is 8.74. The van der Waals surface area contributed by atoms with Gasteiger partial charge in [-0.25, -0.2) is 0 Å². The second-order valence-corrected chi connectivity index (χ2v) is 7.39. The summed E-state index contributed by atoms with van der Waals surface area (Å²) in [6.45, 7) is 2.57. The van der Waals surface area contributed by atoms with Crippen molar-refractivity contribution < 1.29 is 9.53 Å². The van der Waals surface area contributed by atoms with Gasteiger partial charge in [-0.05, 0) is 49.3 Å². The number of benzene rings is 1. The lowest BCUT2D eigenvalue weighted by atomic mass is 10.1. The van der Waals surface area contributed by atoms with Crippen molar-refractivity contribution in [2.45, 2.75) is 37.6 Å². The number of hydrogen-bond acceptors (Lipinski definition) is 2. The SMILES string of the molecule is O=C([C@@H]1C[C@@H]1c1ccc(Cl)cc1)N(C[C@H]1CCOC1)C1CC1. The lowest BCUT2D eigenvalue weighted by molar-refractivity contribution is -0.134. The average Bonchev–Trinajstić information content (AvgIpc) is 3.44. The van der Waals surface area contributed by atoms with Crippen molar-refractivity contribution in [3.63, 3.8) is 0 Å². The molecule has 1 saturated heterocycles. The molecule has 118 valence electrons. The van der Waals surface area contributed by atoms with Crippen molar-refractivity contribution in [2.75, 3.05) is 19.8 Å². The summed E-state index contributed by atoms with van der Waals surface area (Å²) in [5.74, 6) is 1.49. The maximum atomic E-state index is 12.9. The number of carbonyl (C=O) groups excluding carboxylic acids is 1. The Kier molecular flexibility index (Phi) is 3.87. The third-order valence-corrected chi connectivity index (χ3v) is 5.41. The molecule has 3 aliphatic rings. The van der Waals surface area contributed by atoms with Gasteiger partial charge in [-0.1, -0.05) is 23.7 Å². The van der Waals surface area contributed by atoms with Gasteiger partial charge < -0.3 is 9.64 Å². The van der Waals surface area contributed by atoms with Crippen molar-refractivity contribution in [1.82, 2.24) is 4.90 Å². The topological polar surface area (TPSA) is 29.5 Å². The molecule has 3 atom stereocenters. The Bertz CT molecular complexity index is 549. The number of hydrogen-bond donors (Lipinski definition) is 0. The predicted molar refractivity (Wildman–Crippen MR) is 86.0 cm³/mol. The highest BCUT2D eigenvalue weighted by atomic mass is 35.5. The molecular formula is C18H22ClNO2. The van der Waals surface area contributed by atoms with E-state index in [9.17, 15) is 4.79 Å². The molecule has 3 nitrogen and oxygen atoms in total. The van der Waals surface area contributed by atoms with Crippen LogP contribution in [-0.4, -0.2) is 36.6 Å². The second-order valence-electron chi connectivity index (χ2n) is 6.95. The lowest BCUT2D eigenvalue weighted by Crippen LogP contribution is -2.38. The fourth-order valence-electron chi connectivity index (χ4n) is 3.57. The first-order chi connectivity index (χ1) is 10.7. The molecule has 0 unspecified atom stereocenters. The van der Waals surface area contributed by atoms with Crippen molar-refractivity contribution >= 4 is 17.5 Å². The molecule has 1 heterocycles. The summed E-state index contributed by atoms with van der Waals surface area (Å²) >= 11 is 5.94. The minimum absolute atomic E-state index is 0.184. The van der Waals surface area contributed by atoms with E-state index in [1.54, 1.807) is 0 Å². The Hall–Kier alpha value is -1.06. The van der Waals surface area contributed by atoms with E-state index in [4.69, 9.17) is 16.3 Å². The van der Waals surface area contributed by atoms with Crippen LogP contribution in [0.2, 0.25) is 5.02 Å². The first kappa shape index (κ1) is 14.5. The van der Waals surface area contributed by atoms with E-state index < -0.39 is 0 Å². The number of amides is 1. The van der Waals surface area contributed by atoms with E-state index in [-0.39, 0.29) is 5.92 Å². The molecule has 1 aliphatic heterocycles. The quantitative estimate of drug-likeness (QED) is 0.831. The third kappa shape index (κ3) is 3.02. The van der Waals surface area contributed by atoms with Gasteiger partial charge in [0.2, 0.25) is 5.91 Å². The maximum absolute atomic E-state index is 12.9. The highest BCUT2D eigenvalue weighted by Crippen LogP contribution is 2.49. The first-order valence-electron chi connectivity index (χ1n) is 8.36. The van der Waals surface area contributed by atoms with E-state index in [0.29, 0.717) is 23.8 Å². The Balaban J connectivity index is 1.40. The lowest BCUT2D eigenvalue weighted by Gasteiger charge is -2.25. The van der Waals surface area contributed by atoms with Crippen LogP contribution in [-0.2, 0) is 9.53 Å². The van der Waals surface area contributed by atoms with Crippen LogP contribution in [0.15, 0.2) is 24.3 Å². The summed E-state index contributed by atoms with van der Waals surface area (Å²) < 4.78 is 5.47.